The van der Waals surface area contributed by atoms with Crippen molar-refractivity contribution in [3.05, 3.63) is 35.9 Å². The molecule has 1 rings (SSSR count). The van der Waals surface area contributed by atoms with Gasteiger partial charge in [0, 0.05) is 7.11 Å². The van der Waals surface area contributed by atoms with Gasteiger partial charge in [-0.15, -0.1) is 12.4 Å². The van der Waals surface area contributed by atoms with Gasteiger partial charge in [0.05, 0.1) is 6.10 Å². The second kappa shape index (κ2) is 6.89. The van der Waals surface area contributed by atoms with Gasteiger partial charge in [-0.1, -0.05) is 30.3 Å². The summed E-state index contributed by atoms with van der Waals surface area (Å²) in [6.07, 6.45) is 1.02. The van der Waals surface area contributed by atoms with Crippen LogP contribution in [0.25, 0.3) is 0 Å². The van der Waals surface area contributed by atoms with Crippen molar-refractivity contribution in [2.24, 2.45) is 5.73 Å². The van der Waals surface area contributed by atoms with E-state index >= 15 is 0 Å². The fraction of sp³-hybridized carbons (Fsp3) is 0.400. The lowest BCUT2D eigenvalue weighted by atomic mass is 10.1. The Bertz CT molecular complexity index is 215. The first-order chi connectivity index (χ1) is 5.88. The molecular formula is C10H16ClNO. The molecule has 0 spiro atoms. The summed E-state index contributed by atoms with van der Waals surface area (Å²) in [7, 11) is 1.72. The molecule has 0 saturated carbocycles. The lowest BCUT2D eigenvalue weighted by Gasteiger charge is -2.13. The molecule has 0 radical (unpaired) electrons. The van der Waals surface area contributed by atoms with E-state index in [1.807, 2.05) is 18.2 Å². The maximum Gasteiger partial charge on any atom is 0.0833 e. The molecule has 0 bridgehead atoms. The molecule has 13 heavy (non-hydrogen) atoms. The van der Waals surface area contributed by atoms with Crippen molar-refractivity contribution >= 4 is 12.4 Å². The fourth-order valence-electron chi connectivity index (χ4n) is 1.24. The average molecular weight is 202 g/mol. The van der Waals surface area contributed by atoms with Gasteiger partial charge in [0.25, 0.3) is 0 Å². The predicted octanol–water partition coefficient (Wildman–Crippen LogP) is 2.14. The number of ether oxygens (including phenoxy) is 1. The zero-order valence-electron chi connectivity index (χ0n) is 7.77. The van der Waals surface area contributed by atoms with E-state index in [0.717, 1.165) is 6.42 Å². The summed E-state index contributed by atoms with van der Waals surface area (Å²) in [5, 5.41) is 0. The van der Waals surface area contributed by atoms with Crippen molar-refractivity contribution in [3.63, 3.8) is 0 Å². The number of rotatable bonds is 4. The SMILES string of the molecule is COC(CCN)c1ccccc1.Cl. The summed E-state index contributed by atoms with van der Waals surface area (Å²) < 4.78 is 5.30. The van der Waals surface area contributed by atoms with Gasteiger partial charge < -0.3 is 10.5 Å². The van der Waals surface area contributed by atoms with E-state index in [1.165, 1.54) is 5.56 Å². The monoisotopic (exact) mass is 201 g/mol. The summed E-state index contributed by atoms with van der Waals surface area (Å²) >= 11 is 0. The molecule has 2 nitrogen and oxygen atoms in total. The van der Waals surface area contributed by atoms with Crippen LogP contribution in [-0.2, 0) is 4.74 Å². The fourth-order valence-corrected chi connectivity index (χ4v) is 1.24. The Morgan fingerprint density at radius 3 is 2.38 bits per heavy atom. The third-order valence-electron chi connectivity index (χ3n) is 1.88. The molecule has 74 valence electrons. The molecule has 1 aromatic carbocycles. The quantitative estimate of drug-likeness (QED) is 0.810. The topological polar surface area (TPSA) is 35.2 Å². The average Bonchev–Trinajstić information content (AvgIpc) is 2.15. The second-order valence-electron chi connectivity index (χ2n) is 2.71. The summed E-state index contributed by atoms with van der Waals surface area (Å²) in [6, 6.07) is 10.1. The zero-order valence-corrected chi connectivity index (χ0v) is 8.59. The van der Waals surface area contributed by atoms with Crippen molar-refractivity contribution in [1.29, 1.82) is 0 Å². The Morgan fingerprint density at radius 2 is 1.92 bits per heavy atom. The smallest absolute Gasteiger partial charge is 0.0833 e. The molecule has 0 fully saturated rings. The van der Waals surface area contributed by atoms with E-state index in [4.69, 9.17) is 10.5 Å². The van der Waals surface area contributed by atoms with Crippen LogP contribution in [0.15, 0.2) is 30.3 Å². The van der Waals surface area contributed by atoms with Gasteiger partial charge in [0.2, 0.25) is 0 Å². The van der Waals surface area contributed by atoms with E-state index in [1.54, 1.807) is 7.11 Å². The molecule has 0 aliphatic rings. The van der Waals surface area contributed by atoms with Gasteiger partial charge in [-0.2, -0.15) is 0 Å². The van der Waals surface area contributed by atoms with Gasteiger partial charge in [0.15, 0.2) is 0 Å². The standard InChI is InChI=1S/C10H15NO.ClH/c1-12-10(7-8-11)9-5-3-2-4-6-9;/h2-6,10H,7-8,11H2,1H3;1H. The summed E-state index contributed by atoms with van der Waals surface area (Å²) in [6.45, 7) is 0.660. The van der Waals surface area contributed by atoms with Gasteiger partial charge in [-0.3, -0.25) is 0 Å². The number of methoxy groups -OCH3 is 1. The molecule has 0 aliphatic heterocycles. The van der Waals surface area contributed by atoms with E-state index in [-0.39, 0.29) is 18.5 Å². The van der Waals surface area contributed by atoms with Crippen LogP contribution in [0.1, 0.15) is 18.1 Å². The van der Waals surface area contributed by atoms with Gasteiger partial charge >= 0.3 is 0 Å². The Balaban J connectivity index is 0.00000144. The van der Waals surface area contributed by atoms with Crippen LogP contribution in [0.3, 0.4) is 0 Å². The first-order valence-electron chi connectivity index (χ1n) is 4.16. The first-order valence-corrected chi connectivity index (χ1v) is 4.16. The molecule has 0 aromatic heterocycles. The second-order valence-corrected chi connectivity index (χ2v) is 2.71. The highest BCUT2D eigenvalue weighted by Gasteiger charge is 2.07. The van der Waals surface area contributed by atoms with Crippen molar-refractivity contribution in [2.75, 3.05) is 13.7 Å². The van der Waals surface area contributed by atoms with E-state index in [2.05, 4.69) is 12.1 Å². The number of halogens is 1. The highest BCUT2D eigenvalue weighted by molar-refractivity contribution is 5.85. The van der Waals surface area contributed by atoms with Crippen LogP contribution >= 0.6 is 12.4 Å². The third kappa shape index (κ3) is 3.77. The van der Waals surface area contributed by atoms with E-state index < -0.39 is 0 Å². The molecule has 1 aromatic rings. The van der Waals surface area contributed by atoms with Crippen molar-refractivity contribution in [3.8, 4) is 0 Å². The van der Waals surface area contributed by atoms with Crippen LogP contribution in [0.2, 0.25) is 0 Å². The Labute approximate surface area is 85.5 Å². The Kier molecular flexibility index (Phi) is 6.59. The van der Waals surface area contributed by atoms with Gasteiger partial charge in [-0.05, 0) is 18.5 Å². The van der Waals surface area contributed by atoms with Crippen LogP contribution in [0, 0.1) is 0 Å². The molecule has 3 heteroatoms. The summed E-state index contributed by atoms with van der Waals surface area (Å²) in [5.74, 6) is 0. The van der Waals surface area contributed by atoms with Gasteiger partial charge in [0.1, 0.15) is 0 Å². The highest BCUT2D eigenvalue weighted by atomic mass is 35.5. The lowest BCUT2D eigenvalue weighted by molar-refractivity contribution is 0.0978. The minimum Gasteiger partial charge on any atom is -0.377 e. The number of benzene rings is 1. The van der Waals surface area contributed by atoms with Crippen LogP contribution in [0.4, 0.5) is 0 Å². The number of nitrogens with two attached hydrogens (primary N) is 1. The third-order valence-corrected chi connectivity index (χ3v) is 1.88. The minimum absolute atomic E-state index is 0. The van der Waals surface area contributed by atoms with Crippen LogP contribution in [0.5, 0.6) is 0 Å². The van der Waals surface area contributed by atoms with Crippen LogP contribution < -0.4 is 5.73 Å². The molecule has 0 heterocycles. The predicted molar refractivity (Wildman–Crippen MR) is 57.1 cm³/mol. The number of hydrogen-bond acceptors (Lipinski definition) is 2. The minimum atomic E-state index is 0. The van der Waals surface area contributed by atoms with E-state index in [9.17, 15) is 0 Å². The van der Waals surface area contributed by atoms with Crippen molar-refractivity contribution < 1.29 is 4.74 Å². The molecule has 1 unspecified atom stereocenters. The lowest BCUT2D eigenvalue weighted by Crippen LogP contribution is -2.08. The zero-order chi connectivity index (χ0) is 8.81. The van der Waals surface area contributed by atoms with Gasteiger partial charge in [-0.25, -0.2) is 0 Å². The van der Waals surface area contributed by atoms with Crippen LogP contribution in [-0.4, -0.2) is 13.7 Å². The molecular weight excluding hydrogens is 186 g/mol. The normalized spacial score (nSPS) is 11.8. The molecule has 0 amide bonds. The molecule has 0 saturated heterocycles. The maximum absolute atomic E-state index is 5.46. The van der Waals surface area contributed by atoms with Crippen molar-refractivity contribution in [2.45, 2.75) is 12.5 Å². The largest absolute Gasteiger partial charge is 0.377 e. The van der Waals surface area contributed by atoms with E-state index in [0.29, 0.717) is 6.54 Å². The summed E-state index contributed by atoms with van der Waals surface area (Å²) in [4.78, 5) is 0. The first kappa shape index (κ1) is 12.4. The Morgan fingerprint density at radius 1 is 1.31 bits per heavy atom. The molecule has 2 N–H and O–H groups in total. The molecule has 0 aliphatic carbocycles. The Hall–Kier alpha value is -0.570. The van der Waals surface area contributed by atoms with Crippen molar-refractivity contribution in [1.82, 2.24) is 0 Å². The maximum atomic E-state index is 5.46. The number of hydrogen-bond donors (Lipinski definition) is 1. The summed E-state index contributed by atoms with van der Waals surface area (Å²) in [5.41, 5.74) is 6.66. The molecule has 1 atom stereocenters. The highest BCUT2D eigenvalue weighted by Crippen LogP contribution is 2.18.